The lowest BCUT2D eigenvalue weighted by atomic mass is 9.88. The van der Waals surface area contributed by atoms with Crippen molar-refractivity contribution < 1.29 is 28.2 Å². The molecule has 1 amide bonds. The van der Waals surface area contributed by atoms with E-state index in [9.17, 15) is 9.59 Å². The van der Waals surface area contributed by atoms with Crippen molar-refractivity contribution in [3.8, 4) is 0 Å². The van der Waals surface area contributed by atoms with E-state index in [0.29, 0.717) is 26.0 Å². The number of benzene rings is 2. The van der Waals surface area contributed by atoms with Gasteiger partial charge in [-0.15, -0.1) is 6.58 Å². The summed E-state index contributed by atoms with van der Waals surface area (Å²) >= 11 is 0. The number of amides is 1. The number of hydrogen-bond acceptors (Lipinski definition) is 6. The van der Waals surface area contributed by atoms with E-state index >= 15 is 0 Å². The monoisotopic (exact) mass is 609 g/mol. The van der Waals surface area contributed by atoms with E-state index in [2.05, 4.69) is 40.4 Å². The predicted molar refractivity (Wildman–Crippen MR) is 173 cm³/mol. The summed E-state index contributed by atoms with van der Waals surface area (Å²) < 4.78 is 25.1. The van der Waals surface area contributed by atoms with Crippen molar-refractivity contribution in [2.75, 3.05) is 13.2 Å². The van der Waals surface area contributed by atoms with Gasteiger partial charge < -0.3 is 18.6 Å². The van der Waals surface area contributed by atoms with Crippen LogP contribution in [0, 0.1) is 5.92 Å². The molecule has 43 heavy (non-hydrogen) atoms. The summed E-state index contributed by atoms with van der Waals surface area (Å²) in [6, 6.07) is 19.1. The van der Waals surface area contributed by atoms with Gasteiger partial charge in [-0.3, -0.25) is 9.69 Å². The Kier molecular flexibility index (Phi) is 11.8. The van der Waals surface area contributed by atoms with Gasteiger partial charge in [0.05, 0.1) is 37.3 Å². The van der Waals surface area contributed by atoms with Gasteiger partial charge in [0.2, 0.25) is 0 Å². The molecule has 1 saturated heterocycles. The van der Waals surface area contributed by atoms with Crippen molar-refractivity contribution in [1.82, 2.24) is 4.90 Å². The van der Waals surface area contributed by atoms with Gasteiger partial charge in [0, 0.05) is 0 Å². The number of hydrogen-bond donors (Lipinski definition) is 0. The van der Waals surface area contributed by atoms with Crippen molar-refractivity contribution in [1.29, 1.82) is 0 Å². The molecule has 0 saturated carbocycles. The zero-order valence-corrected chi connectivity index (χ0v) is 28.3. The third-order valence-corrected chi connectivity index (χ3v) is 12.7. The summed E-state index contributed by atoms with van der Waals surface area (Å²) in [5.41, 5.74) is 1.22. The molecule has 0 bridgehead atoms. The van der Waals surface area contributed by atoms with Gasteiger partial charge in [-0.25, -0.2) is 4.79 Å². The Morgan fingerprint density at radius 1 is 0.977 bits per heavy atom. The van der Waals surface area contributed by atoms with Crippen molar-refractivity contribution in [3.05, 3.63) is 84.4 Å². The number of esters is 1. The van der Waals surface area contributed by atoms with Crippen LogP contribution in [0.3, 0.4) is 0 Å². The van der Waals surface area contributed by atoms with Crippen LogP contribution in [0.5, 0.6) is 0 Å². The van der Waals surface area contributed by atoms with E-state index in [-0.39, 0.29) is 23.7 Å². The molecule has 0 aliphatic carbocycles. The highest BCUT2D eigenvalue weighted by molar-refractivity contribution is 6.74. The highest BCUT2D eigenvalue weighted by atomic mass is 28.4. The molecule has 0 spiro atoms. The largest absolute Gasteiger partial charge is 0.461 e. The summed E-state index contributed by atoms with van der Waals surface area (Å²) in [5.74, 6) is -1.02. The quantitative estimate of drug-likeness (QED) is 0.140. The van der Waals surface area contributed by atoms with Crippen LogP contribution in [0.4, 0.5) is 4.79 Å². The molecule has 1 fully saturated rings. The molecule has 4 atom stereocenters. The minimum absolute atomic E-state index is 0.134. The van der Waals surface area contributed by atoms with Crippen LogP contribution in [-0.4, -0.2) is 62.3 Å². The Morgan fingerprint density at radius 3 is 2.09 bits per heavy atom. The van der Waals surface area contributed by atoms with Crippen molar-refractivity contribution in [3.63, 3.8) is 0 Å². The van der Waals surface area contributed by atoms with Crippen LogP contribution in [0.25, 0.3) is 0 Å². The number of rotatable bonds is 12. The second-order valence-corrected chi connectivity index (χ2v) is 18.7. The van der Waals surface area contributed by atoms with Crippen LogP contribution in [0.15, 0.2) is 73.3 Å². The van der Waals surface area contributed by atoms with Gasteiger partial charge >= 0.3 is 12.1 Å². The van der Waals surface area contributed by atoms with Gasteiger partial charge in [-0.05, 0) is 62.9 Å². The van der Waals surface area contributed by atoms with Gasteiger partial charge in [0.25, 0.3) is 0 Å². The van der Waals surface area contributed by atoms with Crippen LogP contribution < -0.4 is 0 Å². The molecule has 1 aliphatic rings. The van der Waals surface area contributed by atoms with Gasteiger partial charge in [0.1, 0.15) is 12.2 Å². The molecule has 2 aromatic carbocycles. The van der Waals surface area contributed by atoms with Crippen molar-refractivity contribution in [2.45, 2.75) is 103 Å². The first-order valence-electron chi connectivity index (χ1n) is 15.3. The molecule has 3 rings (SSSR count). The van der Waals surface area contributed by atoms with Gasteiger partial charge in [0.15, 0.2) is 8.32 Å². The fraction of sp³-hybridized carbons (Fsp3) is 0.543. The maximum atomic E-state index is 14.1. The number of carbonyl (C=O) groups excluding carboxylic acids is 2. The molecule has 1 heterocycles. The standard InChI is InChI=1S/C35H51NO6Si/c1-10-21-39-28-23-30(36(24-28)33(38)41-34(2,3)4)31(42-43(8,9)35(5,6)7)29(22-26-17-13-11-14-18-26)32(37)40-25-27-19-15-12-16-20-27/h10-20,28-31H,1,21-25H2,2-9H3/t28?,29-,30?,31-/m0/s1. The zero-order valence-electron chi connectivity index (χ0n) is 27.3. The first-order valence-corrected chi connectivity index (χ1v) is 18.2. The van der Waals surface area contributed by atoms with E-state index in [1.165, 1.54) is 0 Å². The van der Waals surface area contributed by atoms with Crippen LogP contribution >= 0.6 is 0 Å². The van der Waals surface area contributed by atoms with E-state index in [4.69, 9.17) is 18.6 Å². The van der Waals surface area contributed by atoms with Crippen LogP contribution in [0.2, 0.25) is 18.1 Å². The molecule has 2 aromatic rings. The first-order chi connectivity index (χ1) is 20.1. The highest BCUT2D eigenvalue weighted by Gasteiger charge is 2.51. The maximum Gasteiger partial charge on any atom is 0.410 e. The summed E-state index contributed by atoms with van der Waals surface area (Å²) in [6.07, 6.45) is 1.28. The lowest BCUT2D eigenvalue weighted by Gasteiger charge is -2.44. The SMILES string of the molecule is C=CCOC1CC([C@@H](O[Si](C)(C)C(C)(C)C)[C@H](Cc2ccccc2)C(=O)OCc2ccccc2)N(C(=O)OC(C)(C)C)C1. The molecule has 8 heteroatoms. The Morgan fingerprint density at radius 2 is 1.56 bits per heavy atom. The number of nitrogens with zero attached hydrogens (tertiary/aromatic N) is 1. The smallest absolute Gasteiger partial charge is 0.410 e. The lowest BCUT2D eigenvalue weighted by Crippen LogP contribution is -2.56. The third-order valence-electron chi connectivity index (χ3n) is 8.22. The molecule has 7 nitrogen and oxygen atoms in total. The zero-order chi connectivity index (χ0) is 31.8. The fourth-order valence-corrected chi connectivity index (χ4v) is 6.33. The topological polar surface area (TPSA) is 74.3 Å². The van der Waals surface area contributed by atoms with Gasteiger partial charge in [-0.1, -0.05) is 87.5 Å². The molecular formula is C35H51NO6Si. The summed E-state index contributed by atoms with van der Waals surface area (Å²) in [6.45, 7) is 21.1. The number of carbonyl (C=O) groups is 2. The molecule has 0 aromatic heterocycles. The second kappa shape index (κ2) is 14.7. The maximum absolute atomic E-state index is 14.1. The van der Waals surface area contributed by atoms with Crippen molar-refractivity contribution in [2.24, 2.45) is 5.92 Å². The van der Waals surface area contributed by atoms with E-state index < -0.39 is 38.1 Å². The van der Waals surface area contributed by atoms with E-state index in [0.717, 1.165) is 11.1 Å². The van der Waals surface area contributed by atoms with Crippen LogP contribution in [-0.2, 0) is 36.5 Å². The summed E-state index contributed by atoms with van der Waals surface area (Å²) in [5, 5.41) is -0.134. The lowest BCUT2D eigenvalue weighted by molar-refractivity contribution is -0.155. The van der Waals surface area contributed by atoms with Crippen molar-refractivity contribution >= 4 is 20.4 Å². The van der Waals surface area contributed by atoms with E-state index in [1.54, 1.807) is 11.0 Å². The molecule has 0 N–H and O–H groups in total. The number of ether oxygens (including phenoxy) is 3. The summed E-state index contributed by atoms with van der Waals surface area (Å²) in [4.78, 5) is 29.5. The number of likely N-dealkylation sites (tertiary alicyclic amines) is 1. The average molecular weight is 610 g/mol. The predicted octanol–water partition coefficient (Wildman–Crippen LogP) is 7.56. The normalized spacial score (nSPS) is 19.0. The van der Waals surface area contributed by atoms with Gasteiger partial charge in [-0.2, -0.15) is 0 Å². The van der Waals surface area contributed by atoms with Crippen LogP contribution in [0.1, 0.15) is 59.1 Å². The summed E-state index contributed by atoms with van der Waals surface area (Å²) in [7, 11) is -2.45. The molecule has 0 radical (unpaired) electrons. The average Bonchev–Trinajstić information content (AvgIpc) is 3.36. The Hall–Kier alpha value is -2.94. The first kappa shape index (κ1) is 34.5. The Balaban J connectivity index is 2.08. The second-order valence-electron chi connectivity index (χ2n) is 13.9. The molecule has 2 unspecified atom stereocenters. The third kappa shape index (κ3) is 10.0. The Labute approximate surface area is 259 Å². The highest BCUT2D eigenvalue weighted by Crippen LogP contribution is 2.41. The molecular weight excluding hydrogens is 558 g/mol. The fourth-order valence-electron chi connectivity index (χ4n) is 4.98. The molecule has 236 valence electrons. The molecule has 1 aliphatic heterocycles. The minimum Gasteiger partial charge on any atom is -0.461 e. The van der Waals surface area contributed by atoms with E-state index in [1.807, 2.05) is 81.4 Å². The minimum atomic E-state index is -2.45. The Bertz CT molecular complexity index is 1190.